The summed E-state index contributed by atoms with van der Waals surface area (Å²) >= 11 is 0. The van der Waals surface area contributed by atoms with Crippen LogP contribution in [0.25, 0.3) is 0 Å². The fourth-order valence-corrected chi connectivity index (χ4v) is 2.41. The first kappa shape index (κ1) is 16.7. The lowest BCUT2D eigenvalue weighted by atomic mass is 9.96. The van der Waals surface area contributed by atoms with Crippen molar-refractivity contribution in [1.82, 2.24) is 5.32 Å². The van der Waals surface area contributed by atoms with E-state index in [9.17, 15) is 0 Å². The van der Waals surface area contributed by atoms with Crippen molar-refractivity contribution in [2.75, 3.05) is 6.54 Å². The molecule has 0 unspecified atom stereocenters. The third-order valence-electron chi connectivity index (χ3n) is 4.07. The Hall–Kier alpha value is -1.71. The maximum Gasteiger partial charge on any atom is 0.188 e. The quantitative estimate of drug-likeness (QED) is 0.416. The van der Waals surface area contributed by atoms with Crippen LogP contribution >= 0.6 is 0 Å². The number of hydrogen-bond donors (Lipinski definition) is 2. The summed E-state index contributed by atoms with van der Waals surface area (Å²) in [6.45, 7) is 3.68. The number of rotatable bonds is 9. The summed E-state index contributed by atoms with van der Waals surface area (Å²) in [5.74, 6) is 1.47. The van der Waals surface area contributed by atoms with Crippen LogP contribution in [-0.2, 0) is 6.54 Å². The molecule has 0 heterocycles. The van der Waals surface area contributed by atoms with Crippen LogP contribution < -0.4 is 15.8 Å². The molecule has 0 atom stereocenters. The number of nitrogens with one attached hydrogen (secondary N) is 1. The van der Waals surface area contributed by atoms with Crippen LogP contribution in [0.1, 0.15) is 57.4 Å². The Morgan fingerprint density at radius 3 is 2.82 bits per heavy atom. The molecular formula is C18H29N3O. The van der Waals surface area contributed by atoms with Gasteiger partial charge >= 0.3 is 0 Å². The summed E-state index contributed by atoms with van der Waals surface area (Å²) < 4.78 is 6.01. The van der Waals surface area contributed by atoms with Crippen LogP contribution in [0, 0.1) is 0 Å². The zero-order valence-electron chi connectivity index (χ0n) is 13.7. The average molecular weight is 303 g/mol. The lowest BCUT2D eigenvalue weighted by Crippen LogP contribution is -2.32. The van der Waals surface area contributed by atoms with Crippen LogP contribution in [0.3, 0.4) is 0 Å². The Kier molecular flexibility index (Phi) is 7.07. The van der Waals surface area contributed by atoms with Crippen molar-refractivity contribution in [3.8, 4) is 5.75 Å². The zero-order valence-corrected chi connectivity index (χ0v) is 13.7. The molecule has 0 spiro atoms. The molecule has 4 heteroatoms. The van der Waals surface area contributed by atoms with Crippen molar-refractivity contribution in [2.45, 2.75) is 64.5 Å². The molecule has 122 valence electrons. The first-order chi connectivity index (χ1) is 10.8. The average Bonchev–Trinajstić information content (AvgIpc) is 2.49. The second kappa shape index (κ2) is 9.34. The van der Waals surface area contributed by atoms with Crippen LogP contribution in [0.4, 0.5) is 0 Å². The molecular weight excluding hydrogens is 274 g/mol. The van der Waals surface area contributed by atoms with E-state index in [1.54, 1.807) is 0 Å². The van der Waals surface area contributed by atoms with Crippen LogP contribution in [0.2, 0.25) is 0 Å². The molecule has 1 aliphatic rings. The van der Waals surface area contributed by atoms with E-state index >= 15 is 0 Å². The summed E-state index contributed by atoms with van der Waals surface area (Å²) in [7, 11) is 0. The Morgan fingerprint density at radius 2 is 2.09 bits per heavy atom. The van der Waals surface area contributed by atoms with Gasteiger partial charge in [0.05, 0.1) is 12.6 Å². The topological polar surface area (TPSA) is 59.6 Å². The minimum atomic E-state index is 0.388. The van der Waals surface area contributed by atoms with E-state index in [1.807, 2.05) is 18.2 Å². The molecule has 0 aromatic heterocycles. The Labute approximate surface area is 134 Å². The summed E-state index contributed by atoms with van der Waals surface area (Å²) in [6, 6.07) is 8.12. The molecule has 1 aliphatic carbocycles. The number of ether oxygens (including phenoxy) is 1. The molecule has 0 radical (unpaired) electrons. The maximum atomic E-state index is 6.01. The van der Waals surface area contributed by atoms with Crippen molar-refractivity contribution in [3.63, 3.8) is 0 Å². The molecule has 1 saturated carbocycles. The largest absolute Gasteiger partial charge is 0.490 e. The number of aliphatic imine (C=N–C) groups is 1. The van der Waals surface area contributed by atoms with Gasteiger partial charge in [0, 0.05) is 12.1 Å². The van der Waals surface area contributed by atoms with Crippen molar-refractivity contribution in [3.05, 3.63) is 29.8 Å². The van der Waals surface area contributed by atoms with Gasteiger partial charge in [0.2, 0.25) is 0 Å². The Balaban J connectivity index is 1.78. The second-order valence-corrected chi connectivity index (χ2v) is 5.97. The van der Waals surface area contributed by atoms with Gasteiger partial charge in [-0.05, 0) is 31.7 Å². The number of benzene rings is 1. The molecule has 0 aliphatic heterocycles. The zero-order chi connectivity index (χ0) is 15.6. The van der Waals surface area contributed by atoms with Crippen LogP contribution in [-0.4, -0.2) is 18.6 Å². The van der Waals surface area contributed by atoms with Crippen molar-refractivity contribution in [1.29, 1.82) is 0 Å². The minimum absolute atomic E-state index is 0.388. The molecule has 3 N–H and O–H groups in total. The van der Waals surface area contributed by atoms with Gasteiger partial charge in [0.1, 0.15) is 5.75 Å². The maximum absolute atomic E-state index is 6.01. The summed E-state index contributed by atoms with van der Waals surface area (Å²) in [5.41, 5.74) is 7.02. The molecule has 0 amide bonds. The number of guanidine groups is 1. The van der Waals surface area contributed by atoms with Crippen LogP contribution in [0.15, 0.2) is 29.3 Å². The highest BCUT2D eigenvalue weighted by Gasteiger charge is 2.19. The fourth-order valence-electron chi connectivity index (χ4n) is 2.41. The lowest BCUT2D eigenvalue weighted by molar-refractivity contribution is 0.119. The van der Waals surface area contributed by atoms with Crippen LogP contribution in [0.5, 0.6) is 5.75 Å². The smallest absolute Gasteiger partial charge is 0.188 e. The van der Waals surface area contributed by atoms with Crippen molar-refractivity contribution < 1.29 is 4.74 Å². The van der Waals surface area contributed by atoms with Gasteiger partial charge in [-0.25, -0.2) is 4.99 Å². The third-order valence-corrected chi connectivity index (χ3v) is 4.07. The van der Waals surface area contributed by atoms with Gasteiger partial charge in [-0.15, -0.1) is 0 Å². The van der Waals surface area contributed by atoms with E-state index in [0.29, 0.717) is 18.6 Å². The van der Waals surface area contributed by atoms with E-state index in [1.165, 1.54) is 38.5 Å². The Morgan fingerprint density at radius 1 is 1.27 bits per heavy atom. The number of nitrogens with zero attached hydrogens (tertiary/aromatic N) is 1. The predicted molar refractivity (Wildman–Crippen MR) is 92.2 cm³/mol. The minimum Gasteiger partial charge on any atom is -0.490 e. The highest BCUT2D eigenvalue weighted by molar-refractivity contribution is 5.77. The monoisotopic (exact) mass is 303 g/mol. The first-order valence-electron chi connectivity index (χ1n) is 8.58. The molecule has 0 saturated heterocycles. The number of para-hydroxylation sites is 1. The van der Waals surface area contributed by atoms with Crippen molar-refractivity contribution >= 4 is 5.96 Å². The number of unbranched alkanes of at least 4 members (excludes halogenated alkanes) is 3. The predicted octanol–water partition coefficient (Wildman–Crippen LogP) is 3.60. The molecule has 1 aromatic carbocycles. The molecule has 1 aromatic rings. The molecule has 22 heavy (non-hydrogen) atoms. The van der Waals surface area contributed by atoms with E-state index < -0.39 is 0 Å². The van der Waals surface area contributed by atoms with Gasteiger partial charge in [-0.3, -0.25) is 0 Å². The molecule has 1 fully saturated rings. The van der Waals surface area contributed by atoms with E-state index in [-0.39, 0.29) is 0 Å². The summed E-state index contributed by atoms with van der Waals surface area (Å²) in [5, 5.41) is 3.18. The van der Waals surface area contributed by atoms with E-state index in [4.69, 9.17) is 10.5 Å². The molecule has 0 bridgehead atoms. The van der Waals surface area contributed by atoms with Gasteiger partial charge < -0.3 is 15.8 Å². The Bertz CT molecular complexity index is 469. The SMILES string of the molecule is CCCCCCNC(N)=NCc1ccccc1OC1CCC1. The van der Waals surface area contributed by atoms with Gasteiger partial charge in [-0.1, -0.05) is 44.4 Å². The lowest BCUT2D eigenvalue weighted by Gasteiger charge is -2.27. The standard InChI is InChI=1S/C18H29N3O/c1-2-3-4-7-13-20-18(19)21-14-15-9-5-6-12-17(15)22-16-10-8-11-16/h5-6,9,12,16H,2-4,7-8,10-11,13-14H2,1H3,(H3,19,20,21). The highest BCUT2D eigenvalue weighted by Crippen LogP contribution is 2.27. The molecule has 4 nitrogen and oxygen atoms in total. The van der Waals surface area contributed by atoms with E-state index in [2.05, 4.69) is 23.3 Å². The first-order valence-corrected chi connectivity index (χ1v) is 8.58. The van der Waals surface area contributed by atoms with Crippen molar-refractivity contribution in [2.24, 2.45) is 10.7 Å². The van der Waals surface area contributed by atoms with E-state index in [0.717, 1.165) is 24.3 Å². The number of hydrogen-bond acceptors (Lipinski definition) is 2. The van der Waals surface area contributed by atoms with Gasteiger partial charge in [-0.2, -0.15) is 0 Å². The number of nitrogens with two attached hydrogens (primary N) is 1. The molecule has 2 rings (SSSR count). The normalized spacial score (nSPS) is 15.4. The highest BCUT2D eigenvalue weighted by atomic mass is 16.5. The summed E-state index contributed by atoms with van der Waals surface area (Å²) in [6.07, 6.45) is 8.92. The second-order valence-electron chi connectivity index (χ2n) is 5.97. The fraction of sp³-hybridized carbons (Fsp3) is 0.611. The summed E-state index contributed by atoms with van der Waals surface area (Å²) in [4.78, 5) is 4.43. The van der Waals surface area contributed by atoms with Gasteiger partial charge in [0.25, 0.3) is 0 Å². The van der Waals surface area contributed by atoms with Gasteiger partial charge in [0.15, 0.2) is 5.96 Å². The third kappa shape index (κ3) is 5.58.